The van der Waals surface area contributed by atoms with Gasteiger partial charge in [-0.15, -0.1) is 0 Å². The van der Waals surface area contributed by atoms with E-state index in [0.717, 1.165) is 18.5 Å². The van der Waals surface area contributed by atoms with Gasteiger partial charge in [-0.1, -0.05) is 13.3 Å². The van der Waals surface area contributed by atoms with E-state index in [0.29, 0.717) is 18.2 Å². The van der Waals surface area contributed by atoms with Crippen LogP contribution in [0.1, 0.15) is 35.9 Å². The summed E-state index contributed by atoms with van der Waals surface area (Å²) in [5.74, 6) is 0.225. The first kappa shape index (κ1) is 13.7. The summed E-state index contributed by atoms with van der Waals surface area (Å²) >= 11 is 0. The molecule has 0 bridgehead atoms. The Bertz CT molecular complexity index is 374. The SMILES string of the molecule is CCC(CCO)CNC(=O)c1cc(C)nn1C. The molecule has 0 saturated heterocycles. The molecule has 1 rings (SSSR count). The van der Waals surface area contributed by atoms with Crippen LogP contribution in [0.4, 0.5) is 0 Å². The predicted molar refractivity (Wildman–Crippen MR) is 65.8 cm³/mol. The maximum atomic E-state index is 11.9. The van der Waals surface area contributed by atoms with Crippen molar-refractivity contribution in [2.45, 2.75) is 26.7 Å². The predicted octanol–water partition coefficient (Wildman–Crippen LogP) is 0.867. The van der Waals surface area contributed by atoms with Gasteiger partial charge in [0.2, 0.25) is 0 Å². The van der Waals surface area contributed by atoms with Crippen LogP contribution in [-0.4, -0.2) is 33.9 Å². The van der Waals surface area contributed by atoms with Crippen molar-refractivity contribution < 1.29 is 9.90 Å². The molecule has 2 N–H and O–H groups in total. The van der Waals surface area contributed by atoms with Gasteiger partial charge in [0.15, 0.2) is 0 Å². The number of hydrogen-bond acceptors (Lipinski definition) is 3. The fraction of sp³-hybridized carbons (Fsp3) is 0.667. The molecule has 1 heterocycles. The number of aliphatic hydroxyl groups excluding tert-OH is 1. The summed E-state index contributed by atoms with van der Waals surface area (Å²) in [5, 5.41) is 15.9. The van der Waals surface area contributed by atoms with Gasteiger partial charge in [-0.25, -0.2) is 0 Å². The van der Waals surface area contributed by atoms with E-state index in [1.807, 2.05) is 6.92 Å². The smallest absolute Gasteiger partial charge is 0.269 e. The number of aliphatic hydroxyl groups is 1. The lowest BCUT2D eigenvalue weighted by atomic mass is 10.0. The van der Waals surface area contributed by atoms with Gasteiger partial charge in [-0.2, -0.15) is 5.10 Å². The Labute approximate surface area is 102 Å². The molecule has 0 fully saturated rings. The molecule has 0 saturated carbocycles. The highest BCUT2D eigenvalue weighted by molar-refractivity contribution is 5.92. The first-order chi connectivity index (χ1) is 8.08. The molecule has 5 nitrogen and oxygen atoms in total. The lowest BCUT2D eigenvalue weighted by molar-refractivity contribution is 0.0934. The topological polar surface area (TPSA) is 67.2 Å². The summed E-state index contributed by atoms with van der Waals surface area (Å²) in [4.78, 5) is 11.9. The first-order valence-electron chi connectivity index (χ1n) is 5.98. The number of hydrogen-bond donors (Lipinski definition) is 2. The molecular formula is C12H21N3O2. The van der Waals surface area contributed by atoms with Crippen LogP contribution in [0.25, 0.3) is 0 Å². The van der Waals surface area contributed by atoms with Crippen molar-refractivity contribution in [2.75, 3.05) is 13.2 Å². The molecule has 96 valence electrons. The quantitative estimate of drug-likeness (QED) is 0.774. The van der Waals surface area contributed by atoms with Crippen LogP contribution >= 0.6 is 0 Å². The second-order valence-electron chi connectivity index (χ2n) is 4.29. The van der Waals surface area contributed by atoms with Gasteiger partial charge in [0, 0.05) is 20.2 Å². The molecule has 1 atom stereocenters. The molecule has 1 aromatic rings. The Morgan fingerprint density at radius 3 is 2.82 bits per heavy atom. The molecule has 1 aromatic heterocycles. The second-order valence-corrected chi connectivity index (χ2v) is 4.29. The summed E-state index contributed by atoms with van der Waals surface area (Å²) in [6.07, 6.45) is 1.67. The fourth-order valence-electron chi connectivity index (χ4n) is 1.78. The second kappa shape index (κ2) is 6.39. The Morgan fingerprint density at radius 2 is 2.35 bits per heavy atom. The average Bonchev–Trinajstić information content (AvgIpc) is 2.63. The van der Waals surface area contributed by atoms with Crippen LogP contribution in [0.5, 0.6) is 0 Å². The van der Waals surface area contributed by atoms with Gasteiger partial charge in [-0.05, 0) is 25.3 Å². The maximum Gasteiger partial charge on any atom is 0.269 e. The van der Waals surface area contributed by atoms with Crippen molar-refractivity contribution >= 4 is 5.91 Å². The van der Waals surface area contributed by atoms with E-state index in [4.69, 9.17) is 5.11 Å². The van der Waals surface area contributed by atoms with Crippen molar-refractivity contribution in [3.63, 3.8) is 0 Å². The number of nitrogens with one attached hydrogen (secondary N) is 1. The summed E-state index contributed by atoms with van der Waals surface area (Å²) in [6, 6.07) is 1.77. The molecule has 0 radical (unpaired) electrons. The van der Waals surface area contributed by atoms with Crippen molar-refractivity contribution in [1.82, 2.24) is 15.1 Å². The van der Waals surface area contributed by atoms with Gasteiger partial charge in [0.25, 0.3) is 5.91 Å². The molecule has 5 heteroatoms. The molecule has 0 aliphatic rings. The normalized spacial score (nSPS) is 12.5. The van der Waals surface area contributed by atoms with Gasteiger partial charge in [0.05, 0.1) is 5.69 Å². The number of nitrogens with zero attached hydrogens (tertiary/aromatic N) is 2. The third-order valence-electron chi connectivity index (χ3n) is 2.90. The van der Waals surface area contributed by atoms with Gasteiger partial charge in [-0.3, -0.25) is 9.48 Å². The van der Waals surface area contributed by atoms with Crippen LogP contribution in [-0.2, 0) is 7.05 Å². The minimum atomic E-state index is -0.107. The van der Waals surface area contributed by atoms with Crippen molar-refractivity contribution in [2.24, 2.45) is 13.0 Å². The number of amides is 1. The Morgan fingerprint density at radius 1 is 1.65 bits per heavy atom. The monoisotopic (exact) mass is 239 g/mol. The van der Waals surface area contributed by atoms with E-state index >= 15 is 0 Å². The molecule has 1 amide bonds. The minimum Gasteiger partial charge on any atom is -0.396 e. The fourth-order valence-corrected chi connectivity index (χ4v) is 1.78. The standard InChI is InChI=1S/C12H21N3O2/c1-4-10(5-6-16)8-13-12(17)11-7-9(2)14-15(11)3/h7,10,16H,4-6,8H2,1-3H3,(H,13,17). The molecular weight excluding hydrogens is 218 g/mol. The largest absolute Gasteiger partial charge is 0.396 e. The minimum absolute atomic E-state index is 0.107. The number of carbonyl (C=O) groups is 1. The number of rotatable bonds is 6. The first-order valence-corrected chi connectivity index (χ1v) is 5.98. The van der Waals surface area contributed by atoms with Gasteiger partial charge < -0.3 is 10.4 Å². The van der Waals surface area contributed by atoms with Crippen LogP contribution in [0, 0.1) is 12.8 Å². The van der Waals surface area contributed by atoms with Crippen LogP contribution in [0.15, 0.2) is 6.07 Å². The summed E-state index contributed by atoms with van der Waals surface area (Å²) in [6.45, 7) is 4.68. The average molecular weight is 239 g/mol. The number of aryl methyl sites for hydroxylation is 2. The lowest BCUT2D eigenvalue weighted by Crippen LogP contribution is -2.30. The molecule has 0 aliphatic carbocycles. The van der Waals surface area contributed by atoms with E-state index in [1.54, 1.807) is 17.8 Å². The van der Waals surface area contributed by atoms with E-state index in [1.165, 1.54) is 0 Å². The summed E-state index contributed by atoms with van der Waals surface area (Å²) in [5.41, 5.74) is 1.40. The molecule has 0 aliphatic heterocycles. The van der Waals surface area contributed by atoms with E-state index in [-0.39, 0.29) is 12.5 Å². The van der Waals surface area contributed by atoms with Crippen molar-refractivity contribution in [3.8, 4) is 0 Å². The molecule has 1 unspecified atom stereocenters. The van der Waals surface area contributed by atoms with Crippen LogP contribution in [0.3, 0.4) is 0 Å². The zero-order chi connectivity index (χ0) is 12.8. The lowest BCUT2D eigenvalue weighted by Gasteiger charge is -2.14. The van der Waals surface area contributed by atoms with E-state index in [2.05, 4.69) is 17.3 Å². The number of aromatic nitrogens is 2. The third kappa shape index (κ3) is 3.85. The van der Waals surface area contributed by atoms with Crippen molar-refractivity contribution in [3.05, 3.63) is 17.5 Å². The zero-order valence-electron chi connectivity index (χ0n) is 10.7. The Kier molecular flexibility index (Phi) is 5.15. The zero-order valence-corrected chi connectivity index (χ0v) is 10.7. The van der Waals surface area contributed by atoms with Gasteiger partial charge in [0.1, 0.15) is 5.69 Å². The van der Waals surface area contributed by atoms with Crippen LogP contribution < -0.4 is 5.32 Å². The maximum absolute atomic E-state index is 11.9. The summed E-state index contributed by atoms with van der Waals surface area (Å²) in [7, 11) is 1.76. The molecule has 0 spiro atoms. The van der Waals surface area contributed by atoms with Crippen LogP contribution in [0.2, 0.25) is 0 Å². The summed E-state index contributed by atoms with van der Waals surface area (Å²) < 4.78 is 1.58. The highest BCUT2D eigenvalue weighted by Crippen LogP contribution is 2.07. The Balaban J connectivity index is 2.52. The number of carbonyl (C=O) groups excluding carboxylic acids is 1. The Hall–Kier alpha value is -1.36. The van der Waals surface area contributed by atoms with Gasteiger partial charge >= 0.3 is 0 Å². The molecule has 0 aromatic carbocycles. The van der Waals surface area contributed by atoms with E-state index in [9.17, 15) is 4.79 Å². The highest BCUT2D eigenvalue weighted by atomic mass is 16.3. The van der Waals surface area contributed by atoms with Crippen molar-refractivity contribution in [1.29, 1.82) is 0 Å². The third-order valence-corrected chi connectivity index (χ3v) is 2.90. The van der Waals surface area contributed by atoms with E-state index < -0.39 is 0 Å². The highest BCUT2D eigenvalue weighted by Gasteiger charge is 2.13. The molecule has 17 heavy (non-hydrogen) atoms.